The fraction of sp³-hybridized carbons (Fsp3) is 0.444. The molecule has 1 aromatic carbocycles. The van der Waals surface area contributed by atoms with Crippen LogP contribution in [-0.2, 0) is 10.3 Å². The van der Waals surface area contributed by atoms with Crippen molar-refractivity contribution >= 4 is 28.3 Å². The second-order valence-electron chi connectivity index (χ2n) is 7.57. The molecule has 3 aliphatic rings. The predicted molar refractivity (Wildman–Crippen MR) is 96.1 cm³/mol. The maximum absolute atomic E-state index is 12.1. The number of hydrogen-bond donors (Lipinski definition) is 1. The molecule has 1 saturated heterocycles. The van der Waals surface area contributed by atoms with E-state index < -0.39 is 0 Å². The number of fused-ring (bicyclic) bond motifs is 4. The summed E-state index contributed by atoms with van der Waals surface area (Å²) in [4.78, 5) is 16.4. The minimum Gasteiger partial charge on any atom is -0.483 e. The Morgan fingerprint density at radius 3 is 2.92 bits per heavy atom. The molecule has 2 aromatic rings. The number of amides is 1. The lowest BCUT2D eigenvalue weighted by molar-refractivity contribution is -0.122. The molecule has 7 heteroatoms. The average Bonchev–Trinajstić information content (AvgIpc) is 2.98. The number of aromatic nitrogens is 1. The Morgan fingerprint density at radius 2 is 2.16 bits per heavy atom. The van der Waals surface area contributed by atoms with Crippen molar-refractivity contribution in [3.8, 4) is 5.75 Å². The molecule has 0 radical (unpaired) electrons. The highest BCUT2D eigenvalue weighted by atomic mass is 16.5. The molecule has 0 spiro atoms. The number of carbonyl (C=O) groups excluding carboxylic acids is 1. The van der Waals surface area contributed by atoms with Gasteiger partial charge in [-0.1, -0.05) is 0 Å². The minimum absolute atomic E-state index is 0.0975. The second-order valence-corrected chi connectivity index (χ2v) is 7.57. The van der Waals surface area contributed by atoms with Crippen molar-refractivity contribution in [3.63, 3.8) is 0 Å². The standard InChI is InChI=1S/C18H21N5O2/c1-11-17(24)20-19-16-8-25-15-6-12-4-5-22(18(2)9-21(3)10-18)13(12)7-14(15)23(11)16/h4-7,11H,8-10H2,1-3H3,(H,20,24). The quantitative estimate of drug-likeness (QED) is 0.852. The fourth-order valence-electron chi connectivity index (χ4n) is 4.39. The van der Waals surface area contributed by atoms with Crippen LogP contribution in [0.5, 0.6) is 5.75 Å². The average molecular weight is 339 g/mol. The van der Waals surface area contributed by atoms with Gasteiger partial charge in [-0.25, -0.2) is 5.43 Å². The molecule has 1 unspecified atom stereocenters. The molecular weight excluding hydrogens is 318 g/mol. The number of hydrogen-bond acceptors (Lipinski definition) is 5. The number of likely N-dealkylation sites (N-methyl/N-ethyl adjacent to an activating group) is 1. The number of benzene rings is 1. The van der Waals surface area contributed by atoms with E-state index >= 15 is 0 Å². The molecule has 5 rings (SSSR count). The normalized spacial score (nSPS) is 24.8. The lowest BCUT2D eigenvalue weighted by Crippen LogP contribution is -2.58. The van der Waals surface area contributed by atoms with Gasteiger partial charge in [-0.15, -0.1) is 0 Å². The highest BCUT2D eigenvalue weighted by molar-refractivity contribution is 6.10. The summed E-state index contributed by atoms with van der Waals surface area (Å²) >= 11 is 0. The van der Waals surface area contributed by atoms with Gasteiger partial charge in [0.05, 0.1) is 16.7 Å². The van der Waals surface area contributed by atoms with Crippen LogP contribution in [0.15, 0.2) is 29.5 Å². The lowest BCUT2D eigenvalue weighted by Gasteiger charge is -2.47. The van der Waals surface area contributed by atoms with Gasteiger partial charge in [0.15, 0.2) is 5.84 Å². The number of likely N-dealkylation sites (tertiary alicyclic amines) is 1. The van der Waals surface area contributed by atoms with Gasteiger partial charge in [0.25, 0.3) is 5.91 Å². The van der Waals surface area contributed by atoms with Crippen LogP contribution in [0, 0.1) is 0 Å². The van der Waals surface area contributed by atoms with Gasteiger partial charge in [0, 0.05) is 24.7 Å². The third-order valence-electron chi connectivity index (χ3n) is 5.53. The van der Waals surface area contributed by atoms with Gasteiger partial charge < -0.3 is 19.1 Å². The van der Waals surface area contributed by atoms with Gasteiger partial charge in [-0.2, -0.15) is 5.10 Å². The fourth-order valence-corrected chi connectivity index (χ4v) is 4.39. The van der Waals surface area contributed by atoms with E-state index in [-0.39, 0.29) is 17.5 Å². The molecule has 1 aromatic heterocycles. The van der Waals surface area contributed by atoms with Crippen LogP contribution < -0.4 is 15.1 Å². The van der Waals surface area contributed by atoms with E-state index in [0.29, 0.717) is 6.61 Å². The van der Waals surface area contributed by atoms with Crippen molar-refractivity contribution in [2.75, 3.05) is 31.6 Å². The summed E-state index contributed by atoms with van der Waals surface area (Å²) in [5.41, 5.74) is 4.75. The summed E-state index contributed by atoms with van der Waals surface area (Å²) in [5, 5.41) is 5.32. The van der Waals surface area contributed by atoms with Crippen LogP contribution in [0.25, 0.3) is 10.9 Å². The van der Waals surface area contributed by atoms with E-state index in [1.165, 1.54) is 0 Å². The first-order chi connectivity index (χ1) is 12.0. The van der Waals surface area contributed by atoms with Crippen molar-refractivity contribution in [3.05, 3.63) is 24.4 Å². The summed E-state index contributed by atoms with van der Waals surface area (Å²) in [7, 11) is 2.14. The molecule has 0 aliphatic carbocycles. The highest BCUT2D eigenvalue weighted by Gasteiger charge is 2.40. The number of carbonyl (C=O) groups is 1. The third-order valence-corrected chi connectivity index (χ3v) is 5.53. The molecule has 1 fully saturated rings. The Morgan fingerprint density at radius 1 is 1.36 bits per heavy atom. The van der Waals surface area contributed by atoms with E-state index in [0.717, 1.165) is 41.3 Å². The van der Waals surface area contributed by atoms with Gasteiger partial charge in [-0.05, 0) is 39.1 Å². The van der Waals surface area contributed by atoms with Crippen molar-refractivity contribution in [1.29, 1.82) is 0 Å². The summed E-state index contributed by atoms with van der Waals surface area (Å²) in [6.45, 7) is 6.60. The minimum atomic E-state index is -0.304. The van der Waals surface area contributed by atoms with Crippen molar-refractivity contribution in [2.45, 2.75) is 25.4 Å². The first-order valence-corrected chi connectivity index (χ1v) is 8.59. The molecule has 7 nitrogen and oxygen atoms in total. The van der Waals surface area contributed by atoms with E-state index in [4.69, 9.17) is 4.74 Å². The van der Waals surface area contributed by atoms with Crippen LogP contribution in [0.3, 0.4) is 0 Å². The number of hydrazone groups is 1. The third kappa shape index (κ3) is 1.96. The Kier molecular flexibility index (Phi) is 2.81. The van der Waals surface area contributed by atoms with E-state index in [1.54, 1.807) is 0 Å². The molecule has 0 bridgehead atoms. The Labute approximate surface area is 145 Å². The Balaban J connectivity index is 1.67. The molecule has 3 aliphatic heterocycles. The Bertz CT molecular complexity index is 925. The van der Waals surface area contributed by atoms with E-state index in [2.05, 4.69) is 58.4 Å². The van der Waals surface area contributed by atoms with Crippen LogP contribution >= 0.6 is 0 Å². The van der Waals surface area contributed by atoms with Crippen LogP contribution in [0.1, 0.15) is 13.8 Å². The number of anilines is 1. The van der Waals surface area contributed by atoms with Crippen LogP contribution in [0.2, 0.25) is 0 Å². The van der Waals surface area contributed by atoms with Crippen molar-refractivity contribution < 1.29 is 9.53 Å². The van der Waals surface area contributed by atoms with E-state index in [9.17, 15) is 4.79 Å². The summed E-state index contributed by atoms with van der Waals surface area (Å²) < 4.78 is 8.25. The summed E-state index contributed by atoms with van der Waals surface area (Å²) in [6.07, 6.45) is 2.16. The smallest absolute Gasteiger partial charge is 0.262 e. The first-order valence-electron chi connectivity index (χ1n) is 8.59. The monoisotopic (exact) mass is 339 g/mol. The zero-order chi connectivity index (χ0) is 17.3. The maximum Gasteiger partial charge on any atom is 0.262 e. The molecule has 1 amide bonds. The Hall–Kier alpha value is -2.54. The molecule has 1 atom stereocenters. The van der Waals surface area contributed by atoms with Crippen molar-refractivity contribution in [2.24, 2.45) is 5.10 Å². The van der Waals surface area contributed by atoms with E-state index in [1.807, 2.05) is 11.8 Å². The van der Waals surface area contributed by atoms with Gasteiger partial charge in [-0.3, -0.25) is 4.79 Å². The highest BCUT2D eigenvalue weighted by Crippen LogP contribution is 2.40. The second kappa shape index (κ2) is 4.76. The number of amidine groups is 1. The maximum atomic E-state index is 12.1. The molecule has 0 saturated carbocycles. The van der Waals surface area contributed by atoms with Crippen molar-refractivity contribution in [1.82, 2.24) is 14.9 Å². The number of ether oxygens (including phenoxy) is 1. The molecular formula is C18H21N5O2. The van der Waals surface area contributed by atoms with Crippen LogP contribution in [-0.4, -0.2) is 54.0 Å². The number of rotatable bonds is 1. The summed E-state index contributed by atoms with van der Waals surface area (Å²) in [5.74, 6) is 1.45. The molecule has 25 heavy (non-hydrogen) atoms. The number of nitrogens with one attached hydrogen (secondary N) is 1. The van der Waals surface area contributed by atoms with Gasteiger partial charge in [0.2, 0.25) is 0 Å². The molecule has 130 valence electrons. The lowest BCUT2D eigenvalue weighted by atomic mass is 9.92. The van der Waals surface area contributed by atoms with Crippen LogP contribution in [0.4, 0.5) is 5.69 Å². The SMILES string of the molecule is CC1C(=O)NN=C2COc3cc4ccn(C5(C)CN(C)C5)c4cc3N21. The first kappa shape index (κ1) is 14.8. The summed E-state index contributed by atoms with van der Waals surface area (Å²) in [6, 6.07) is 6.04. The largest absolute Gasteiger partial charge is 0.483 e. The molecule has 1 N–H and O–H groups in total. The number of nitrogens with zero attached hydrogens (tertiary/aromatic N) is 4. The topological polar surface area (TPSA) is 62.1 Å². The zero-order valence-electron chi connectivity index (χ0n) is 14.6. The molecule has 4 heterocycles. The van der Waals surface area contributed by atoms with Gasteiger partial charge in [0.1, 0.15) is 18.4 Å². The predicted octanol–water partition coefficient (Wildman–Crippen LogP) is 1.33. The van der Waals surface area contributed by atoms with Gasteiger partial charge >= 0.3 is 0 Å². The zero-order valence-corrected chi connectivity index (χ0v) is 14.6.